The molecule has 0 unspecified atom stereocenters. The van der Waals surface area contributed by atoms with E-state index in [0.29, 0.717) is 17.5 Å². The van der Waals surface area contributed by atoms with Crippen LogP contribution in [-0.2, 0) is 115 Å². The lowest BCUT2D eigenvalue weighted by molar-refractivity contribution is -0.145. The molecule has 0 aliphatic carbocycles. The number of benzene rings is 2. The molecule has 0 saturated carbocycles. The molecule has 3 aromatic rings. The second-order valence-corrected chi connectivity index (χ2v) is 37.2. The number of carbonyl (C=O) groups excluding carboxylic acids is 19. The molecule has 19 amide bonds. The largest absolute Gasteiger partial charge is 0.481 e. The molecule has 49 heteroatoms. The van der Waals surface area contributed by atoms with Gasteiger partial charge in [0.1, 0.15) is 96.7 Å². The zero-order valence-electron chi connectivity index (χ0n) is 81.9. The van der Waals surface area contributed by atoms with Crippen LogP contribution in [-0.4, -0.2) is 312 Å². The fourth-order valence-corrected chi connectivity index (χ4v) is 16.7. The first kappa shape index (κ1) is 117. The lowest BCUT2D eigenvalue weighted by Crippen LogP contribution is -2.63. The Morgan fingerprint density at radius 2 is 0.803 bits per heavy atom. The van der Waals surface area contributed by atoms with Crippen molar-refractivity contribution in [3.8, 4) is 0 Å². The molecule has 20 atom stereocenters. The summed E-state index contributed by atoms with van der Waals surface area (Å²) in [7, 11) is 0. The van der Waals surface area contributed by atoms with Gasteiger partial charge >= 0.3 is 5.97 Å². The quantitative estimate of drug-likeness (QED) is 0.0142. The van der Waals surface area contributed by atoms with Crippen molar-refractivity contribution in [3.05, 3.63) is 90.0 Å². The van der Waals surface area contributed by atoms with Crippen molar-refractivity contribution in [1.82, 2.24) is 99.1 Å². The van der Waals surface area contributed by atoms with E-state index in [2.05, 4.69) is 84.4 Å². The minimum absolute atomic E-state index is 0.0213. The van der Waals surface area contributed by atoms with E-state index >= 15 is 14.4 Å². The highest BCUT2D eigenvalue weighted by Crippen LogP contribution is 2.26. The first-order chi connectivity index (χ1) is 67.1. The maximum atomic E-state index is 15.3. The summed E-state index contributed by atoms with van der Waals surface area (Å²) in [6, 6.07) is -8.93. The van der Waals surface area contributed by atoms with Crippen molar-refractivity contribution in [2.45, 2.75) is 306 Å². The Morgan fingerprint density at radius 3 is 1.25 bits per heavy atom. The monoisotopic (exact) mass is 1990 g/mol. The van der Waals surface area contributed by atoms with Crippen LogP contribution in [0.5, 0.6) is 0 Å². The molecule has 0 spiro atoms. The lowest BCUT2D eigenvalue weighted by atomic mass is 9.95. The molecule has 3 saturated heterocycles. The Morgan fingerprint density at radius 1 is 0.430 bits per heavy atom. The number of likely N-dealkylation sites (tertiary alicyclic amines) is 3. The molecule has 6 rings (SSSR count). The second-order valence-electron chi connectivity index (χ2n) is 37.2. The molecule has 142 heavy (non-hydrogen) atoms. The van der Waals surface area contributed by atoms with Gasteiger partial charge in [-0.05, 0) is 132 Å². The number of imidazole rings is 1. The first-order valence-electron chi connectivity index (χ1n) is 48.0. The summed E-state index contributed by atoms with van der Waals surface area (Å²) < 4.78 is 0. The van der Waals surface area contributed by atoms with Crippen LogP contribution >= 0.6 is 0 Å². The summed E-state index contributed by atoms with van der Waals surface area (Å²) in [4.78, 5) is 292. The highest BCUT2D eigenvalue weighted by molar-refractivity contribution is 6.03. The van der Waals surface area contributed by atoms with Gasteiger partial charge in [-0.1, -0.05) is 122 Å². The van der Waals surface area contributed by atoms with Crippen LogP contribution in [0.4, 0.5) is 0 Å². The van der Waals surface area contributed by atoms with Gasteiger partial charge in [-0.25, -0.2) is 4.98 Å². The number of hydrogen-bond acceptors (Lipinski definition) is 26. The molecule has 3 aliphatic heterocycles. The fourth-order valence-electron chi connectivity index (χ4n) is 16.7. The summed E-state index contributed by atoms with van der Waals surface area (Å²) in [5.74, 6) is -22.7. The van der Waals surface area contributed by atoms with Gasteiger partial charge < -0.3 is 144 Å². The van der Waals surface area contributed by atoms with Crippen molar-refractivity contribution in [2.75, 3.05) is 32.7 Å². The minimum atomic E-state index is -1.88. The van der Waals surface area contributed by atoms with Crippen molar-refractivity contribution in [2.24, 2.45) is 58.1 Å². The summed E-state index contributed by atoms with van der Waals surface area (Å²) in [6.45, 7) is 15.3. The third-order valence-corrected chi connectivity index (χ3v) is 24.9. The van der Waals surface area contributed by atoms with Crippen LogP contribution in [0.3, 0.4) is 0 Å². The lowest BCUT2D eigenvalue weighted by Gasteiger charge is -2.33. The molecule has 0 bridgehead atoms. The molecular weight excluding hydrogens is 1850 g/mol. The van der Waals surface area contributed by atoms with Gasteiger partial charge in [0.05, 0.1) is 43.1 Å². The number of rotatable bonds is 58. The second kappa shape index (κ2) is 57.2. The van der Waals surface area contributed by atoms with Crippen molar-refractivity contribution in [3.63, 3.8) is 0 Å². The van der Waals surface area contributed by atoms with E-state index in [1.165, 1.54) is 40.2 Å². The standard InChI is InChI=1S/C93H144N26O23/c1-11-50(8)73(89(139)113-72(49(6)7)88(138)116-75(52(10)121)92(142)119-39-23-31-65(119)84(134)105-58(29-20-36-102-93(99)100)79(129)115-74(51(9)120)91(141)117-37-21-30-64(117)76(98)126)114-83(133)62(43-67(96)122)108-78(128)57(28-18-19-35-94)104-80(130)59(40-53-24-14-12-15-25-53)106-81(131)60(41-54-26-16-13-17-27-54)107-82(132)61(42-55-45-101-46-103-55)109-86(136)70(47(2)3)112-87(137)71(48(4)5)111-85(135)66-32-22-38-118(66)90(140)63(44-68(97)123)110-77(127)56(95)33-34-69(124)125/h12-17,24-27,45-52,56-66,70-75,120-121H,11,18-23,28-44,94-95H2,1-10H3,(H2,96,122)(H2,97,123)(H2,98,126)(H,101,103)(H,104,130)(H,105,134)(H,106,131)(H,107,132)(H,108,128)(H,109,136)(H,110,127)(H,111,135)(H,112,137)(H,113,139)(H,114,133)(H,115,129)(H,116,138)(H,124,125)(H4,99,100,102)/t50-,51+,52+,56-,57-,58-,59-,60-,61-,62-,63-,64-,65-,66-,70-,71-,72-,73-,74-,75-/m0/s1. The number of aliphatic hydroxyl groups is 2. The zero-order valence-corrected chi connectivity index (χ0v) is 81.9. The summed E-state index contributed by atoms with van der Waals surface area (Å²) in [5.41, 5.74) is 35.3. The van der Waals surface area contributed by atoms with Gasteiger partial charge in [0.2, 0.25) is 112 Å². The molecule has 1 aromatic heterocycles. The van der Waals surface area contributed by atoms with Crippen molar-refractivity contribution >= 4 is 124 Å². The number of carboxylic acids is 1. The number of guanidine groups is 1. The van der Waals surface area contributed by atoms with E-state index in [1.807, 2.05) is 0 Å². The number of primary amides is 3. The van der Waals surface area contributed by atoms with Crippen LogP contribution in [0, 0.1) is 29.1 Å². The van der Waals surface area contributed by atoms with E-state index in [9.17, 15) is 91.7 Å². The average molecular weight is 1990 g/mol. The van der Waals surface area contributed by atoms with Crippen LogP contribution < -0.4 is 109 Å². The average Bonchev–Trinajstić information content (AvgIpc) is 1.70. The van der Waals surface area contributed by atoms with Crippen LogP contribution in [0.15, 0.2) is 73.2 Å². The van der Waals surface area contributed by atoms with Gasteiger partial charge in [-0.3, -0.25) is 101 Å². The Kier molecular flexibility index (Phi) is 47.0. The van der Waals surface area contributed by atoms with Gasteiger partial charge in [0, 0.05) is 58.1 Å². The van der Waals surface area contributed by atoms with Gasteiger partial charge in [0.15, 0.2) is 5.96 Å². The number of carbonyl (C=O) groups is 20. The predicted molar refractivity (Wildman–Crippen MR) is 513 cm³/mol. The fraction of sp³-hybridized carbons (Fsp3) is 0.613. The SMILES string of the molecule is CC[C@H](C)[C@H](NC(=O)[C@H](CC(N)=O)NC(=O)[C@H](CCCCN)NC(=O)[C@H](Cc1ccccc1)NC(=O)[C@H](Cc1ccccc1)NC(=O)[C@H](Cc1c[nH]cn1)NC(=O)[C@@H](NC(=O)[C@@H](NC(=O)[C@@H]1CCCN1C(=O)[C@H](CC(N)=O)NC(=O)[C@@H](N)CCC(=O)O)C(C)C)C(C)C)C(=O)N[C@H](C(=O)N[C@H](C(=O)N1CCC[C@H]1C(=O)N[C@@H](CCCNC(=N)N)C(=O)N[C@H](C(=O)N1CCC[C@H]1C(N)=O)[C@@H](C)O)[C@@H](C)O)C(C)C. The number of hydrogen-bond donors (Lipinski definition) is 25. The van der Waals surface area contributed by atoms with E-state index in [4.69, 9.17) is 44.9 Å². The minimum Gasteiger partial charge on any atom is -0.481 e. The molecule has 31 N–H and O–H groups in total. The molecule has 0 radical (unpaired) electrons. The van der Waals surface area contributed by atoms with Crippen LogP contribution in [0.25, 0.3) is 0 Å². The number of unbranched alkanes of at least 4 members (excludes halogenated alkanes) is 1. The zero-order chi connectivity index (χ0) is 106. The Hall–Kier alpha value is -13.8. The van der Waals surface area contributed by atoms with Gasteiger partial charge in [0.25, 0.3) is 0 Å². The maximum absolute atomic E-state index is 15.3. The molecular formula is C93H144N26O23. The van der Waals surface area contributed by atoms with Gasteiger partial charge in [-0.15, -0.1) is 0 Å². The Balaban J connectivity index is 1.20. The number of nitrogens with zero attached hydrogens (tertiary/aromatic N) is 4. The third kappa shape index (κ3) is 36.0. The Labute approximate surface area is 823 Å². The van der Waals surface area contributed by atoms with E-state index in [0.717, 1.165) is 14.7 Å². The van der Waals surface area contributed by atoms with Crippen LogP contribution in [0.1, 0.15) is 189 Å². The number of nitrogens with two attached hydrogens (primary N) is 6. The molecule has 3 aliphatic rings. The molecule has 2 aromatic carbocycles. The topological polar surface area (TPSA) is 789 Å². The van der Waals surface area contributed by atoms with Crippen LogP contribution in [0.2, 0.25) is 0 Å². The normalized spacial score (nSPS) is 18.1. The highest BCUT2D eigenvalue weighted by atomic mass is 16.4. The van der Waals surface area contributed by atoms with E-state index in [-0.39, 0.29) is 135 Å². The number of aliphatic hydroxyl groups excluding tert-OH is 2. The molecule has 3 fully saturated rings. The highest BCUT2D eigenvalue weighted by Gasteiger charge is 2.47. The first-order valence-corrected chi connectivity index (χ1v) is 48.0. The third-order valence-electron chi connectivity index (χ3n) is 24.9. The summed E-state index contributed by atoms with van der Waals surface area (Å²) >= 11 is 0. The maximum Gasteiger partial charge on any atom is 0.303 e. The van der Waals surface area contributed by atoms with E-state index in [1.54, 1.807) is 102 Å². The predicted octanol–water partition coefficient (Wildman–Crippen LogP) is -6.69. The molecule has 49 nitrogen and oxygen atoms in total. The summed E-state index contributed by atoms with van der Waals surface area (Å²) in [6.07, 6.45) is -2.01. The van der Waals surface area contributed by atoms with Crippen molar-refractivity contribution in [1.29, 1.82) is 5.41 Å². The number of amides is 19. The van der Waals surface area contributed by atoms with Gasteiger partial charge in [-0.2, -0.15) is 0 Å². The number of H-pyrrole nitrogens is 1. The number of nitrogens with one attached hydrogen (secondary N) is 16. The molecule has 4 heterocycles. The summed E-state index contributed by atoms with van der Waals surface area (Å²) in [5, 5.41) is 75.4. The smallest absolute Gasteiger partial charge is 0.303 e. The Bertz CT molecular complexity index is 4860. The number of aliphatic carboxylic acids is 1. The number of aromatic amines is 1. The number of carboxylic acid groups (broad SMARTS) is 1. The van der Waals surface area contributed by atoms with E-state index < -0.39 is 282 Å². The van der Waals surface area contributed by atoms with Crippen molar-refractivity contribution < 1.29 is 111 Å². The number of aromatic nitrogens is 2. The molecule has 784 valence electrons.